The number of nitrogens with zero attached hydrogens (tertiary/aromatic N) is 1. The van der Waals surface area contributed by atoms with Gasteiger partial charge in [0.2, 0.25) is 12.7 Å². The summed E-state index contributed by atoms with van der Waals surface area (Å²) in [5, 5.41) is 21.4. The van der Waals surface area contributed by atoms with Gasteiger partial charge >= 0.3 is 5.97 Å². The van der Waals surface area contributed by atoms with Crippen molar-refractivity contribution in [1.29, 1.82) is 0 Å². The van der Waals surface area contributed by atoms with E-state index in [1.165, 1.54) is 13.2 Å². The van der Waals surface area contributed by atoms with Gasteiger partial charge in [0.1, 0.15) is 11.2 Å². The zero-order valence-electron chi connectivity index (χ0n) is 17.8. The molecule has 0 saturated heterocycles. The molecule has 8 heteroatoms. The predicted octanol–water partition coefficient (Wildman–Crippen LogP) is 2.73. The Morgan fingerprint density at radius 2 is 1.82 bits per heavy atom. The Bertz CT molecular complexity index is 1270. The number of fused-ring (bicyclic) bond motifs is 2. The molecule has 2 aliphatic heterocycles. The highest BCUT2D eigenvalue weighted by atomic mass is 16.7. The molecule has 0 spiro atoms. The van der Waals surface area contributed by atoms with Crippen molar-refractivity contribution >= 4 is 17.6 Å². The van der Waals surface area contributed by atoms with E-state index >= 15 is 0 Å². The number of amides is 1. The number of phenolic OH excluding ortho intramolecular Hbond substituents is 1. The number of ether oxygens (including phenoxy) is 3. The first kappa shape index (κ1) is 20.8. The number of para-hydroxylation sites is 1. The van der Waals surface area contributed by atoms with Crippen molar-refractivity contribution in [2.75, 3.05) is 25.4 Å². The van der Waals surface area contributed by atoms with Gasteiger partial charge in [-0.15, -0.1) is 0 Å². The molecule has 5 rings (SSSR count). The van der Waals surface area contributed by atoms with Crippen LogP contribution in [0.25, 0.3) is 0 Å². The van der Waals surface area contributed by atoms with Crippen LogP contribution in [0.5, 0.6) is 17.2 Å². The molecule has 33 heavy (non-hydrogen) atoms. The molecule has 2 heterocycles. The van der Waals surface area contributed by atoms with Crippen molar-refractivity contribution < 1.29 is 34.0 Å². The maximum absolute atomic E-state index is 13.9. The van der Waals surface area contributed by atoms with E-state index in [1.807, 2.05) is 0 Å². The molecule has 1 unspecified atom stereocenters. The second-order valence-corrected chi connectivity index (χ2v) is 7.89. The quantitative estimate of drug-likeness (QED) is 0.580. The number of methoxy groups -OCH3 is 1. The highest BCUT2D eigenvalue weighted by molar-refractivity contribution is 6.11. The molecule has 3 aromatic carbocycles. The zero-order chi connectivity index (χ0) is 23.2. The Kier molecular flexibility index (Phi) is 4.94. The molecule has 0 aliphatic carbocycles. The average Bonchev–Trinajstić information content (AvgIpc) is 3.39. The van der Waals surface area contributed by atoms with Crippen LogP contribution in [0, 0.1) is 0 Å². The molecule has 2 aliphatic rings. The van der Waals surface area contributed by atoms with Gasteiger partial charge in [0.15, 0.2) is 11.5 Å². The van der Waals surface area contributed by atoms with Gasteiger partial charge in [0, 0.05) is 17.3 Å². The Morgan fingerprint density at radius 3 is 2.58 bits per heavy atom. The number of aliphatic hydroxyl groups is 1. The van der Waals surface area contributed by atoms with Gasteiger partial charge in [-0.05, 0) is 35.4 Å². The molecule has 1 atom stereocenters. The number of carbonyl (C=O) groups is 2. The van der Waals surface area contributed by atoms with Crippen LogP contribution >= 0.6 is 0 Å². The lowest BCUT2D eigenvalue weighted by molar-refractivity contribution is -0.123. The van der Waals surface area contributed by atoms with Crippen LogP contribution in [-0.4, -0.2) is 42.6 Å². The minimum Gasteiger partial charge on any atom is -0.507 e. The van der Waals surface area contributed by atoms with Gasteiger partial charge in [0.05, 0.1) is 25.8 Å². The Balaban J connectivity index is 1.62. The molecular weight excluding hydrogens is 426 g/mol. The molecular formula is C25H21NO7. The Morgan fingerprint density at radius 1 is 1.06 bits per heavy atom. The lowest BCUT2D eigenvalue weighted by Crippen LogP contribution is -2.43. The third kappa shape index (κ3) is 3.10. The van der Waals surface area contributed by atoms with Gasteiger partial charge in [-0.25, -0.2) is 4.79 Å². The van der Waals surface area contributed by atoms with Gasteiger partial charge in [-0.3, -0.25) is 4.79 Å². The summed E-state index contributed by atoms with van der Waals surface area (Å²) in [6, 6.07) is 16.9. The smallest absolute Gasteiger partial charge is 0.337 e. The number of hydrogen-bond donors (Lipinski definition) is 2. The van der Waals surface area contributed by atoms with E-state index in [0.717, 1.165) is 0 Å². The molecule has 168 valence electrons. The van der Waals surface area contributed by atoms with Crippen LogP contribution in [0.2, 0.25) is 0 Å². The van der Waals surface area contributed by atoms with Crippen molar-refractivity contribution in [3.05, 3.63) is 82.9 Å². The van der Waals surface area contributed by atoms with Crippen LogP contribution in [0.3, 0.4) is 0 Å². The van der Waals surface area contributed by atoms with E-state index in [4.69, 9.17) is 14.2 Å². The Hall–Kier alpha value is -4.04. The van der Waals surface area contributed by atoms with E-state index in [1.54, 1.807) is 59.5 Å². The van der Waals surface area contributed by atoms with E-state index < -0.39 is 23.9 Å². The number of phenols is 1. The average molecular weight is 447 g/mol. The van der Waals surface area contributed by atoms with E-state index in [-0.39, 0.29) is 24.7 Å². The number of anilines is 1. The standard InChI is InChI=1S/C25H21NO7/c1-31-23(29)16-6-4-5-15(9-16)12-26-19-8-3-2-7-17(19)25(13-27,24(26)30)18-10-21-22(11-20(18)28)33-14-32-21/h2-11,27-28H,12-14H2,1H3. The van der Waals surface area contributed by atoms with Crippen LogP contribution in [-0.2, 0) is 21.5 Å². The Labute approximate surface area is 189 Å². The van der Waals surface area contributed by atoms with Crippen molar-refractivity contribution in [2.45, 2.75) is 12.0 Å². The number of aromatic hydroxyl groups is 1. The van der Waals surface area contributed by atoms with Gasteiger partial charge < -0.3 is 29.3 Å². The fraction of sp³-hybridized carbons (Fsp3) is 0.200. The highest BCUT2D eigenvalue weighted by Gasteiger charge is 2.53. The molecule has 8 nitrogen and oxygen atoms in total. The summed E-state index contributed by atoms with van der Waals surface area (Å²) >= 11 is 0. The van der Waals surface area contributed by atoms with Gasteiger partial charge in [-0.2, -0.15) is 0 Å². The number of hydrogen-bond acceptors (Lipinski definition) is 7. The first-order valence-corrected chi connectivity index (χ1v) is 10.3. The van der Waals surface area contributed by atoms with Crippen molar-refractivity contribution in [2.24, 2.45) is 0 Å². The van der Waals surface area contributed by atoms with Crippen molar-refractivity contribution in [3.8, 4) is 17.2 Å². The van der Waals surface area contributed by atoms with E-state index in [0.29, 0.717) is 33.9 Å². The second kappa shape index (κ2) is 7.83. The first-order chi connectivity index (χ1) is 16.0. The molecule has 0 saturated carbocycles. The minimum atomic E-state index is -1.53. The fourth-order valence-electron chi connectivity index (χ4n) is 4.55. The van der Waals surface area contributed by atoms with Crippen molar-refractivity contribution in [3.63, 3.8) is 0 Å². The fourth-order valence-corrected chi connectivity index (χ4v) is 4.55. The normalized spacial score (nSPS) is 18.4. The molecule has 0 radical (unpaired) electrons. The maximum Gasteiger partial charge on any atom is 0.337 e. The largest absolute Gasteiger partial charge is 0.507 e. The lowest BCUT2D eigenvalue weighted by atomic mass is 9.75. The van der Waals surface area contributed by atoms with Crippen LogP contribution in [0.15, 0.2) is 60.7 Å². The summed E-state index contributed by atoms with van der Waals surface area (Å²) in [5.74, 6) is -0.278. The van der Waals surface area contributed by atoms with E-state index in [2.05, 4.69) is 0 Å². The predicted molar refractivity (Wildman–Crippen MR) is 118 cm³/mol. The monoisotopic (exact) mass is 447 g/mol. The SMILES string of the molecule is COC(=O)c1cccc(CN2C(=O)C(CO)(c3cc4c(cc3O)OCO4)c3ccccc32)c1. The summed E-state index contributed by atoms with van der Waals surface area (Å²) in [6.45, 7) is -0.389. The van der Waals surface area contributed by atoms with Crippen LogP contribution < -0.4 is 14.4 Å². The third-order valence-electron chi connectivity index (χ3n) is 6.14. The molecule has 0 bridgehead atoms. The lowest BCUT2D eigenvalue weighted by Gasteiger charge is -2.28. The number of carbonyl (C=O) groups excluding carboxylic acids is 2. The summed E-state index contributed by atoms with van der Waals surface area (Å²) < 4.78 is 15.6. The number of esters is 1. The van der Waals surface area contributed by atoms with Crippen LogP contribution in [0.1, 0.15) is 27.0 Å². The summed E-state index contributed by atoms with van der Waals surface area (Å²) in [5.41, 5.74) is 0.966. The van der Waals surface area contributed by atoms with E-state index in [9.17, 15) is 19.8 Å². The number of rotatable bonds is 5. The molecule has 1 amide bonds. The summed E-state index contributed by atoms with van der Waals surface area (Å²) in [4.78, 5) is 27.4. The summed E-state index contributed by atoms with van der Waals surface area (Å²) in [7, 11) is 1.31. The first-order valence-electron chi connectivity index (χ1n) is 10.3. The molecule has 3 aromatic rings. The third-order valence-corrected chi connectivity index (χ3v) is 6.14. The van der Waals surface area contributed by atoms with Gasteiger partial charge in [0.25, 0.3) is 0 Å². The summed E-state index contributed by atoms with van der Waals surface area (Å²) in [6.07, 6.45) is 0. The van der Waals surface area contributed by atoms with Gasteiger partial charge in [-0.1, -0.05) is 30.3 Å². The molecule has 0 fully saturated rings. The molecule has 2 N–H and O–H groups in total. The van der Waals surface area contributed by atoms with Crippen LogP contribution in [0.4, 0.5) is 5.69 Å². The topological polar surface area (TPSA) is 106 Å². The maximum atomic E-state index is 13.9. The van der Waals surface area contributed by atoms with Crippen molar-refractivity contribution in [1.82, 2.24) is 0 Å². The zero-order valence-corrected chi connectivity index (χ0v) is 17.8. The number of benzene rings is 3. The highest BCUT2D eigenvalue weighted by Crippen LogP contribution is 2.51. The minimum absolute atomic E-state index is 0.0115. The second-order valence-electron chi connectivity index (χ2n) is 7.89. The molecule has 0 aromatic heterocycles. The number of aliphatic hydroxyl groups excluding tert-OH is 1.